The number of nitrogens with two attached hydrogens (primary N) is 1. The summed E-state index contributed by atoms with van der Waals surface area (Å²) in [5.41, 5.74) is 5.68. The molecule has 3 atom stereocenters. The summed E-state index contributed by atoms with van der Waals surface area (Å²) < 4.78 is 7.41. The van der Waals surface area contributed by atoms with Crippen LogP contribution in [0.2, 0.25) is 0 Å². The molecule has 2 aromatic rings. The molecule has 16 heteroatoms. The predicted molar refractivity (Wildman–Crippen MR) is 121 cm³/mol. The van der Waals surface area contributed by atoms with Crippen LogP contribution in [0.1, 0.15) is 10.4 Å². The Balaban J connectivity index is 0.00000289. The van der Waals surface area contributed by atoms with Crippen LogP contribution >= 0.6 is 11.8 Å². The Morgan fingerprint density at radius 3 is 2.60 bits per heavy atom. The molecule has 0 saturated carbocycles. The summed E-state index contributed by atoms with van der Waals surface area (Å²) in [7, 11) is 1.64. The third kappa shape index (κ3) is 4.24. The van der Waals surface area contributed by atoms with Crippen LogP contribution in [0.15, 0.2) is 40.9 Å². The van der Waals surface area contributed by atoms with Crippen molar-refractivity contribution < 1.29 is 29.0 Å². The normalized spacial score (nSPS) is 22.1. The molecule has 4 heterocycles. The van der Waals surface area contributed by atoms with E-state index in [0.29, 0.717) is 10.8 Å². The van der Waals surface area contributed by atoms with Gasteiger partial charge in [0.05, 0.1) is 12.3 Å². The minimum atomic E-state index is -1.30. The Labute approximate surface area is 224 Å². The second-order valence-corrected chi connectivity index (χ2v) is 8.72. The Hall–Kier alpha value is -3.14. The van der Waals surface area contributed by atoms with E-state index in [1.807, 2.05) is 0 Å². The van der Waals surface area contributed by atoms with Crippen LogP contribution in [0.4, 0.5) is 10.5 Å². The van der Waals surface area contributed by atoms with Crippen LogP contribution in [0.25, 0.3) is 0 Å². The number of nitrogens with one attached hydrogen (secondary N) is 1. The second-order valence-electron chi connectivity index (χ2n) is 7.77. The Morgan fingerprint density at radius 2 is 2.00 bits per heavy atom. The van der Waals surface area contributed by atoms with Crippen molar-refractivity contribution in [1.29, 1.82) is 0 Å². The minimum absolute atomic E-state index is 0. The van der Waals surface area contributed by atoms with Crippen molar-refractivity contribution in [3.63, 3.8) is 0 Å². The predicted octanol–water partition coefficient (Wildman–Crippen LogP) is -1.43. The average Bonchev–Trinajstić information content (AvgIpc) is 3.38. The van der Waals surface area contributed by atoms with Crippen molar-refractivity contribution >= 4 is 70.8 Å². The monoisotopic (exact) mass is 510 g/mol. The van der Waals surface area contributed by atoms with Gasteiger partial charge < -0.3 is 25.8 Å². The van der Waals surface area contributed by atoms with Crippen molar-refractivity contribution in [2.45, 2.75) is 23.3 Å². The van der Waals surface area contributed by atoms with E-state index in [4.69, 9.17) is 10.5 Å². The Kier molecular flexibility index (Phi) is 6.77. The molecule has 0 radical (unpaired) electrons. The fourth-order valence-corrected chi connectivity index (χ4v) is 5.04. The summed E-state index contributed by atoms with van der Waals surface area (Å²) in [6.07, 6.45) is -0.581. The molecule has 4 N–H and O–H groups in total. The van der Waals surface area contributed by atoms with Gasteiger partial charge >= 0.3 is 41.6 Å². The van der Waals surface area contributed by atoms with Crippen LogP contribution in [0, 0.1) is 0 Å². The van der Waals surface area contributed by atoms with Crippen LogP contribution < -0.4 is 11.1 Å². The van der Waals surface area contributed by atoms with Crippen molar-refractivity contribution in [3.8, 4) is 0 Å². The maximum absolute atomic E-state index is 12.9. The zero-order chi connectivity index (χ0) is 24.1. The molecule has 5 rings (SSSR count). The van der Waals surface area contributed by atoms with Gasteiger partial charge in [0, 0.05) is 18.3 Å². The van der Waals surface area contributed by atoms with Gasteiger partial charge in [0.1, 0.15) is 23.9 Å². The van der Waals surface area contributed by atoms with Gasteiger partial charge in [-0.25, -0.2) is 14.3 Å². The number of aryl methyl sites for hydroxylation is 1. The summed E-state index contributed by atoms with van der Waals surface area (Å²) in [5, 5.41) is 24.0. The first-order valence-electron chi connectivity index (χ1n) is 10.0. The summed E-state index contributed by atoms with van der Waals surface area (Å²) in [6, 6.07) is 4.02. The van der Waals surface area contributed by atoms with Crippen LogP contribution in [-0.2, 0) is 21.4 Å². The van der Waals surface area contributed by atoms with Crippen LogP contribution in [0.3, 0.4) is 0 Å². The summed E-state index contributed by atoms with van der Waals surface area (Å²) >= 11 is 1.17. The number of carboxylic acid groups (broad SMARTS) is 1. The number of primary amides is 1. The topological polar surface area (TPSA) is 186 Å². The van der Waals surface area contributed by atoms with Gasteiger partial charge in [-0.2, -0.15) is 0 Å². The van der Waals surface area contributed by atoms with Gasteiger partial charge in [0.15, 0.2) is 5.70 Å². The van der Waals surface area contributed by atoms with Gasteiger partial charge in [0.25, 0.3) is 5.91 Å². The number of benzene rings is 1. The van der Waals surface area contributed by atoms with E-state index in [9.17, 15) is 24.3 Å². The van der Waals surface area contributed by atoms with E-state index in [1.165, 1.54) is 50.5 Å². The number of carbonyl (C=O) groups is 4. The van der Waals surface area contributed by atoms with E-state index >= 15 is 0 Å². The van der Waals surface area contributed by atoms with Crippen molar-refractivity contribution in [3.05, 3.63) is 41.3 Å². The van der Waals surface area contributed by atoms with E-state index in [-0.39, 0.29) is 58.9 Å². The Bertz CT molecular complexity index is 1250. The number of rotatable bonds is 6. The molecule has 1 aromatic carbocycles. The third-order valence-corrected chi connectivity index (χ3v) is 6.81. The molecule has 0 bridgehead atoms. The molecular formula is C19H19N8NaO6S. The van der Waals surface area contributed by atoms with Crippen LogP contribution in [-0.4, -0.2) is 119 Å². The quantitative estimate of drug-likeness (QED) is 0.236. The number of amides is 4. The number of carboxylic acids is 1. The molecule has 3 aliphatic heterocycles. The van der Waals surface area contributed by atoms with Gasteiger partial charge in [-0.05, 0) is 34.7 Å². The van der Waals surface area contributed by atoms with Crippen molar-refractivity contribution in [1.82, 2.24) is 30.0 Å². The number of aromatic nitrogens is 4. The number of hydrogen-bond donors (Lipinski definition) is 3. The summed E-state index contributed by atoms with van der Waals surface area (Å²) in [4.78, 5) is 51.6. The molecule has 3 aliphatic rings. The molecule has 1 aromatic heterocycles. The number of tetrazole rings is 1. The number of thioether (sulfide) groups is 1. The second kappa shape index (κ2) is 9.49. The first kappa shape index (κ1) is 25.0. The fraction of sp³-hybridized carbons (Fsp3) is 0.316. The molecule has 14 nitrogen and oxygen atoms in total. The average molecular weight is 510 g/mol. The molecule has 4 amide bonds. The first-order chi connectivity index (χ1) is 16.3. The van der Waals surface area contributed by atoms with Crippen molar-refractivity contribution in [2.75, 3.05) is 17.6 Å². The standard InChI is InChI=1S/C19H18N8O6S.Na.H/c1-25-19(22-23-24-25)34-7-11-13(17(30)31)27-12-10(33-11)6-26(14(12)16(27)29)18(32)21-9-4-2-8(3-5-9)15(20)28;;/h2-5,10,12,14H,6-7H2,1H3,(H2,20,28)(H,21,32)(H,30,31);;/t10-,12-,14+;;/m1../s1. The zero-order valence-electron chi connectivity index (χ0n) is 17.6. The van der Waals surface area contributed by atoms with E-state index in [1.54, 1.807) is 7.05 Å². The van der Waals surface area contributed by atoms with Crippen LogP contribution in [0.5, 0.6) is 0 Å². The molecular weight excluding hydrogens is 491 g/mol. The first-order valence-corrected chi connectivity index (χ1v) is 11.0. The molecule has 0 unspecified atom stereocenters. The molecule has 178 valence electrons. The number of nitrogens with zero attached hydrogens (tertiary/aromatic N) is 6. The number of carbonyl (C=O) groups excluding carboxylic acids is 3. The molecule has 2 fully saturated rings. The number of hydrogen-bond acceptors (Lipinski definition) is 9. The zero-order valence-corrected chi connectivity index (χ0v) is 18.4. The molecule has 0 spiro atoms. The maximum atomic E-state index is 12.9. The molecule has 2 saturated heterocycles. The Morgan fingerprint density at radius 1 is 1.29 bits per heavy atom. The third-order valence-electron chi connectivity index (χ3n) is 5.80. The SMILES string of the molecule is Cn1nnnc1SCC1=C(C(=O)O)N2C(=O)[C@@H]3[C@H]2[C@@H](CN3C(=O)Nc2ccc(C(N)=O)cc2)O1.[NaH]. The number of anilines is 1. The van der Waals surface area contributed by atoms with E-state index in [0.717, 1.165) is 0 Å². The fourth-order valence-electron chi connectivity index (χ4n) is 4.26. The molecule has 35 heavy (non-hydrogen) atoms. The van der Waals surface area contributed by atoms with Gasteiger partial charge in [-0.3, -0.25) is 14.5 Å². The molecule has 0 aliphatic carbocycles. The van der Waals surface area contributed by atoms with Crippen molar-refractivity contribution in [2.24, 2.45) is 12.8 Å². The van der Waals surface area contributed by atoms with Gasteiger partial charge in [0.2, 0.25) is 11.1 Å². The number of aliphatic carboxylic acids is 1. The van der Waals surface area contributed by atoms with E-state index < -0.39 is 42.0 Å². The number of urea groups is 1. The summed E-state index contributed by atoms with van der Waals surface area (Å²) in [5.74, 6) is -2.18. The van der Waals surface area contributed by atoms with E-state index in [2.05, 4.69) is 20.8 Å². The number of likely N-dealkylation sites (tertiary alicyclic amines) is 1. The van der Waals surface area contributed by atoms with Gasteiger partial charge in [-0.1, -0.05) is 11.8 Å². The summed E-state index contributed by atoms with van der Waals surface area (Å²) in [6.45, 7) is 0.0926. The number of β-lactam (4-membered cyclic amide) rings is 1. The van der Waals surface area contributed by atoms with Gasteiger partial charge in [-0.15, -0.1) is 5.10 Å². The number of ether oxygens (including phenoxy) is 1.